The minimum atomic E-state index is -0.272. The van der Waals surface area contributed by atoms with Gasteiger partial charge in [0.15, 0.2) is 0 Å². The molecular weight excluding hydrogens is 320 g/mol. The maximum Gasteiger partial charge on any atom is 0.252 e. The molecular formula is C20H17ClN2O. The fourth-order valence-corrected chi connectivity index (χ4v) is 2.70. The van der Waals surface area contributed by atoms with Crippen LogP contribution in [0, 0.1) is 6.92 Å². The van der Waals surface area contributed by atoms with E-state index in [9.17, 15) is 4.79 Å². The Morgan fingerprint density at radius 3 is 2.50 bits per heavy atom. The van der Waals surface area contributed by atoms with Gasteiger partial charge in [0.2, 0.25) is 0 Å². The predicted molar refractivity (Wildman–Crippen MR) is 96.2 cm³/mol. The van der Waals surface area contributed by atoms with E-state index in [-0.39, 0.29) is 11.9 Å². The molecule has 0 aliphatic carbocycles. The number of pyridine rings is 1. The maximum absolute atomic E-state index is 12.6. The van der Waals surface area contributed by atoms with Crippen molar-refractivity contribution in [2.24, 2.45) is 0 Å². The van der Waals surface area contributed by atoms with Crippen LogP contribution >= 0.6 is 11.6 Å². The lowest BCUT2D eigenvalue weighted by Crippen LogP contribution is -2.29. The first-order chi connectivity index (χ1) is 11.6. The second-order valence-electron chi connectivity index (χ2n) is 5.61. The van der Waals surface area contributed by atoms with Gasteiger partial charge in [-0.25, -0.2) is 0 Å². The summed E-state index contributed by atoms with van der Waals surface area (Å²) in [5.74, 6) is -0.174. The second-order valence-corrected chi connectivity index (χ2v) is 6.05. The first-order valence-electron chi connectivity index (χ1n) is 7.66. The van der Waals surface area contributed by atoms with Gasteiger partial charge in [0, 0.05) is 23.0 Å². The van der Waals surface area contributed by atoms with Crippen LogP contribution in [0.4, 0.5) is 0 Å². The Kier molecular flexibility index (Phi) is 4.92. The van der Waals surface area contributed by atoms with Crippen molar-refractivity contribution in [2.45, 2.75) is 13.0 Å². The Morgan fingerprint density at radius 1 is 1.04 bits per heavy atom. The molecule has 0 radical (unpaired) electrons. The zero-order valence-corrected chi connectivity index (χ0v) is 14.0. The van der Waals surface area contributed by atoms with Gasteiger partial charge in [-0.3, -0.25) is 9.78 Å². The van der Waals surface area contributed by atoms with E-state index in [0.717, 1.165) is 11.1 Å². The summed E-state index contributed by atoms with van der Waals surface area (Å²) in [6.07, 6.45) is 3.48. The number of benzene rings is 2. The molecule has 0 bridgehead atoms. The number of amides is 1. The van der Waals surface area contributed by atoms with E-state index in [4.69, 9.17) is 11.6 Å². The molecule has 3 rings (SSSR count). The van der Waals surface area contributed by atoms with Crippen molar-refractivity contribution in [3.63, 3.8) is 0 Å². The Balaban J connectivity index is 1.93. The summed E-state index contributed by atoms with van der Waals surface area (Å²) in [5.41, 5.74) is 3.63. The molecule has 1 atom stereocenters. The van der Waals surface area contributed by atoms with E-state index in [1.807, 2.05) is 43.3 Å². The molecule has 120 valence electrons. The third-order valence-corrected chi connectivity index (χ3v) is 4.03. The number of hydrogen-bond donors (Lipinski definition) is 1. The van der Waals surface area contributed by atoms with Crippen LogP contribution in [0.1, 0.15) is 33.1 Å². The smallest absolute Gasteiger partial charge is 0.252 e. The molecule has 24 heavy (non-hydrogen) atoms. The van der Waals surface area contributed by atoms with Crippen LogP contribution in [-0.2, 0) is 0 Å². The Bertz CT molecular complexity index is 832. The number of aromatic nitrogens is 1. The summed E-state index contributed by atoms with van der Waals surface area (Å²) in [7, 11) is 0. The molecule has 2 aromatic carbocycles. The fraction of sp³-hybridized carbons (Fsp3) is 0.100. The topological polar surface area (TPSA) is 42.0 Å². The van der Waals surface area contributed by atoms with Gasteiger partial charge in [-0.05, 0) is 42.3 Å². The van der Waals surface area contributed by atoms with Crippen LogP contribution in [0.2, 0.25) is 5.02 Å². The number of nitrogens with zero attached hydrogens (tertiary/aromatic N) is 1. The molecule has 0 saturated carbocycles. The van der Waals surface area contributed by atoms with Crippen molar-refractivity contribution >= 4 is 17.5 Å². The van der Waals surface area contributed by atoms with Gasteiger partial charge in [-0.1, -0.05) is 53.6 Å². The lowest BCUT2D eigenvalue weighted by molar-refractivity contribution is 0.0943. The first-order valence-corrected chi connectivity index (χ1v) is 8.04. The van der Waals surface area contributed by atoms with Crippen LogP contribution in [0.5, 0.6) is 0 Å². The highest BCUT2D eigenvalue weighted by Crippen LogP contribution is 2.23. The van der Waals surface area contributed by atoms with Gasteiger partial charge in [0.25, 0.3) is 5.91 Å². The van der Waals surface area contributed by atoms with Crippen molar-refractivity contribution in [2.75, 3.05) is 0 Å². The highest BCUT2D eigenvalue weighted by Gasteiger charge is 2.18. The largest absolute Gasteiger partial charge is 0.341 e. The molecule has 1 unspecified atom stereocenters. The predicted octanol–water partition coefficient (Wildman–Crippen LogP) is 4.56. The fourth-order valence-electron chi connectivity index (χ4n) is 2.51. The molecule has 0 aliphatic rings. The number of nitrogens with one attached hydrogen (secondary N) is 1. The minimum absolute atomic E-state index is 0.174. The van der Waals surface area contributed by atoms with Crippen molar-refractivity contribution in [1.29, 1.82) is 0 Å². The first kappa shape index (κ1) is 16.2. The highest BCUT2D eigenvalue weighted by molar-refractivity contribution is 6.30. The van der Waals surface area contributed by atoms with Crippen LogP contribution in [0.25, 0.3) is 0 Å². The number of carbonyl (C=O) groups excluding carboxylic acids is 1. The third kappa shape index (κ3) is 3.81. The number of hydrogen-bond acceptors (Lipinski definition) is 2. The van der Waals surface area contributed by atoms with Crippen molar-refractivity contribution < 1.29 is 4.79 Å². The molecule has 1 N–H and O–H groups in total. The molecule has 0 saturated heterocycles. The monoisotopic (exact) mass is 336 g/mol. The quantitative estimate of drug-likeness (QED) is 0.758. The van der Waals surface area contributed by atoms with Crippen LogP contribution in [-0.4, -0.2) is 10.9 Å². The Labute approximate surface area is 146 Å². The van der Waals surface area contributed by atoms with Crippen LogP contribution < -0.4 is 5.32 Å². The lowest BCUT2D eigenvalue weighted by Gasteiger charge is -2.20. The van der Waals surface area contributed by atoms with Crippen molar-refractivity contribution in [3.8, 4) is 0 Å². The zero-order chi connectivity index (χ0) is 16.9. The van der Waals surface area contributed by atoms with Crippen molar-refractivity contribution in [3.05, 3.63) is 100 Å². The molecule has 0 spiro atoms. The van der Waals surface area contributed by atoms with Gasteiger partial charge in [-0.15, -0.1) is 0 Å². The lowest BCUT2D eigenvalue weighted by atomic mass is 9.98. The van der Waals surface area contributed by atoms with Gasteiger partial charge in [-0.2, -0.15) is 0 Å². The Morgan fingerprint density at radius 2 is 1.83 bits per heavy atom. The molecule has 1 aromatic heterocycles. The number of halogens is 1. The number of carbonyl (C=O) groups is 1. The molecule has 0 aliphatic heterocycles. The maximum atomic E-state index is 12.6. The summed E-state index contributed by atoms with van der Waals surface area (Å²) in [4.78, 5) is 16.8. The van der Waals surface area contributed by atoms with E-state index < -0.39 is 0 Å². The van der Waals surface area contributed by atoms with Gasteiger partial charge in [0.05, 0.1) is 6.04 Å². The van der Waals surface area contributed by atoms with E-state index >= 15 is 0 Å². The normalized spacial score (nSPS) is 11.8. The molecule has 1 amide bonds. The minimum Gasteiger partial charge on any atom is -0.341 e. The van der Waals surface area contributed by atoms with Crippen LogP contribution in [0.15, 0.2) is 73.1 Å². The average molecular weight is 337 g/mol. The van der Waals surface area contributed by atoms with Crippen molar-refractivity contribution in [1.82, 2.24) is 10.3 Å². The highest BCUT2D eigenvalue weighted by atomic mass is 35.5. The second kappa shape index (κ2) is 7.28. The van der Waals surface area contributed by atoms with E-state index in [2.05, 4.69) is 10.3 Å². The molecule has 4 heteroatoms. The average Bonchev–Trinajstić information content (AvgIpc) is 2.61. The standard InChI is InChI=1S/C20H17ClN2O/c1-14-7-9-15(10-8-14)19(17-5-3-11-22-13-17)23-20(24)16-4-2-6-18(21)12-16/h2-13,19H,1H3,(H,23,24). The number of rotatable bonds is 4. The molecule has 3 nitrogen and oxygen atoms in total. The summed E-state index contributed by atoms with van der Waals surface area (Å²) < 4.78 is 0. The molecule has 3 aromatic rings. The SMILES string of the molecule is Cc1ccc(C(NC(=O)c2cccc(Cl)c2)c2cccnc2)cc1. The van der Waals surface area contributed by atoms with E-state index in [1.165, 1.54) is 5.56 Å². The van der Waals surface area contributed by atoms with Crippen LogP contribution in [0.3, 0.4) is 0 Å². The Hall–Kier alpha value is -2.65. The summed E-state index contributed by atoms with van der Waals surface area (Å²) in [5, 5.41) is 3.61. The molecule has 0 fully saturated rings. The van der Waals surface area contributed by atoms with E-state index in [1.54, 1.807) is 36.7 Å². The summed E-state index contributed by atoms with van der Waals surface area (Å²) in [6.45, 7) is 2.04. The number of aryl methyl sites for hydroxylation is 1. The zero-order valence-electron chi connectivity index (χ0n) is 13.2. The third-order valence-electron chi connectivity index (χ3n) is 3.79. The molecule has 1 heterocycles. The van der Waals surface area contributed by atoms with E-state index in [0.29, 0.717) is 10.6 Å². The van der Waals surface area contributed by atoms with Gasteiger partial charge in [0.1, 0.15) is 0 Å². The summed E-state index contributed by atoms with van der Waals surface area (Å²) >= 11 is 5.99. The van der Waals surface area contributed by atoms with Gasteiger partial charge < -0.3 is 5.32 Å². The van der Waals surface area contributed by atoms with Gasteiger partial charge >= 0.3 is 0 Å². The summed E-state index contributed by atoms with van der Waals surface area (Å²) in [6, 6.07) is 18.6.